The first-order valence-electron chi connectivity index (χ1n) is 6.45. The van der Waals surface area contributed by atoms with Gasteiger partial charge in [0.05, 0.1) is 0 Å². The van der Waals surface area contributed by atoms with Crippen LogP contribution in [-0.4, -0.2) is 13.0 Å². The van der Waals surface area contributed by atoms with Crippen molar-refractivity contribution in [1.82, 2.24) is 0 Å². The number of nitrogen functional groups attached to an aromatic ring is 1. The summed E-state index contributed by atoms with van der Waals surface area (Å²) in [6, 6.07) is 13.2. The van der Waals surface area contributed by atoms with E-state index in [1.807, 2.05) is 24.3 Å². The zero-order valence-electron chi connectivity index (χ0n) is 11.6. The van der Waals surface area contributed by atoms with E-state index in [4.69, 9.17) is 5.73 Å². The molecule has 0 saturated heterocycles. The van der Waals surface area contributed by atoms with Crippen LogP contribution in [0.25, 0.3) is 0 Å². The summed E-state index contributed by atoms with van der Waals surface area (Å²) >= 11 is 3.33. The molecule has 4 heteroatoms. The van der Waals surface area contributed by atoms with Gasteiger partial charge in [-0.25, -0.2) is 0 Å². The number of hydrogen-bond donors (Lipinski definition) is 1. The van der Waals surface area contributed by atoms with Crippen LogP contribution in [0.3, 0.4) is 0 Å². The number of carbonyl (C=O) groups is 1. The van der Waals surface area contributed by atoms with E-state index in [1.54, 1.807) is 30.1 Å². The monoisotopic (exact) mass is 332 g/mol. The Bertz CT molecular complexity index is 623. The second kappa shape index (κ2) is 6.09. The Balaban J connectivity index is 2.24. The maximum absolute atomic E-state index is 12.4. The van der Waals surface area contributed by atoms with E-state index in [2.05, 4.69) is 22.9 Å². The molecule has 0 radical (unpaired) electrons. The molecule has 0 saturated carbocycles. The third-order valence-corrected chi connectivity index (χ3v) is 4.00. The lowest BCUT2D eigenvalue weighted by Gasteiger charge is -2.18. The smallest absolute Gasteiger partial charge is 0.258 e. The largest absolute Gasteiger partial charge is 0.398 e. The van der Waals surface area contributed by atoms with Gasteiger partial charge in [0.15, 0.2) is 0 Å². The fraction of sp³-hybridized carbons (Fsp3) is 0.188. The number of nitrogens with two attached hydrogens (primary N) is 1. The van der Waals surface area contributed by atoms with Gasteiger partial charge in [0.1, 0.15) is 0 Å². The van der Waals surface area contributed by atoms with E-state index in [0.717, 1.165) is 16.6 Å². The van der Waals surface area contributed by atoms with Crippen LogP contribution in [0.4, 0.5) is 11.4 Å². The van der Waals surface area contributed by atoms with Crippen molar-refractivity contribution in [2.75, 3.05) is 17.7 Å². The lowest BCUT2D eigenvalue weighted by molar-refractivity contribution is 0.0993. The quantitative estimate of drug-likeness (QED) is 0.867. The minimum Gasteiger partial charge on any atom is -0.398 e. The molecule has 0 heterocycles. The predicted molar refractivity (Wildman–Crippen MR) is 87.1 cm³/mol. The molecule has 0 spiro atoms. The molecule has 0 bridgehead atoms. The van der Waals surface area contributed by atoms with Gasteiger partial charge in [-0.05, 0) is 58.2 Å². The lowest BCUT2D eigenvalue weighted by atomic mass is 10.1. The van der Waals surface area contributed by atoms with E-state index in [0.29, 0.717) is 11.3 Å². The van der Waals surface area contributed by atoms with E-state index in [-0.39, 0.29) is 5.91 Å². The molecule has 0 atom stereocenters. The van der Waals surface area contributed by atoms with Crippen LogP contribution in [0.1, 0.15) is 22.8 Å². The van der Waals surface area contributed by atoms with E-state index < -0.39 is 0 Å². The van der Waals surface area contributed by atoms with Gasteiger partial charge in [-0.1, -0.05) is 19.1 Å². The molecule has 0 aliphatic heterocycles. The second-order valence-electron chi connectivity index (χ2n) is 4.62. The Morgan fingerprint density at radius 3 is 2.40 bits per heavy atom. The van der Waals surface area contributed by atoms with Gasteiger partial charge in [-0.15, -0.1) is 0 Å². The summed E-state index contributed by atoms with van der Waals surface area (Å²) in [5.74, 6) is -0.0755. The van der Waals surface area contributed by atoms with Gasteiger partial charge >= 0.3 is 0 Å². The van der Waals surface area contributed by atoms with Crippen LogP contribution in [0.2, 0.25) is 0 Å². The van der Waals surface area contributed by atoms with Crippen LogP contribution >= 0.6 is 15.9 Å². The van der Waals surface area contributed by atoms with Crippen LogP contribution in [-0.2, 0) is 6.42 Å². The molecule has 0 aromatic heterocycles. The zero-order chi connectivity index (χ0) is 14.7. The van der Waals surface area contributed by atoms with Crippen molar-refractivity contribution < 1.29 is 4.79 Å². The summed E-state index contributed by atoms with van der Waals surface area (Å²) < 4.78 is 0.795. The summed E-state index contributed by atoms with van der Waals surface area (Å²) in [6.07, 6.45) is 0.987. The summed E-state index contributed by atoms with van der Waals surface area (Å²) in [6.45, 7) is 2.11. The van der Waals surface area contributed by atoms with Crippen molar-refractivity contribution in [3.05, 3.63) is 58.1 Å². The van der Waals surface area contributed by atoms with Crippen molar-refractivity contribution in [3.8, 4) is 0 Å². The van der Waals surface area contributed by atoms with Crippen molar-refractivity contribution in [1.29, 1.82) is 0 Å². The normalized spacial score (nSPS) is 10.3. The zero-order valence-corrected chi connectivity index (χ0v) is 13.1. The number of rotatable bonds is 3. The highest BCUT2D eigenvalue weighted by atomic mass is 79.9. The standard InChI is InChI=1S/C16H17BrN2O/c1-3-11-4-7-13(8-5-11)19(2)16(20)12-6-9-14(17)15(18)10-12/h4-10H,3,18H2,1-2H3. The van der Waals surface area contributed by atoms with Gasteiger partial charge in [-0.2, -0.15) is 0 Å². The van der Waals surface area contributed by atoms with Gasteiger partial charge < -0.3 is 10.6 Å². The molecule has 2 rings (SSSR count). The Morgan fingerprint density at radius 1 is 1.20 bits per heavy atom. The first-order valence-corrected chi connectivity index (χ1v) is 7.24. The minimum atomic E-state index is -0.0755. The van der Waals surface area contributed by atoms with Crippen LogP contribution in [0, 0.1) is 0 Å². The molecular weight excluding hydrogens is 316 g/mol. The van der Waals surface area contributed by atoms with E-state index in [9.17, 15) is 4.79 Å². The number of nitrogens with zero attached hydrogens (tertiary/aromatic N) is 1. The molecule has 2 aromatic rings. The predicted octanol–water partition coefficient (Wildman–Crippen LogP) is 3.87. The minimum absolute atomic E-state index is 0.0755. The first kappa shape index (κ1) is 14.6. The number of benzene rings is 2. The summed E-state index contributed by atoms with van der Waals surface area (Å²) in [4.78, 5) is 14.0. The molecule has 0 fully saturated rings. The lowest BCUT2D eigenvalue weighted by Crippen LogP contribution is -2.26. The Hall–Kier alpha value is -1.81. The van der Waals surface area contributed by atoms with Crippen molar-refractivity contribution in [2.45, 2.75) is 13.3 Å². The first-order chi connectivity index (χ1) is 9.52. The van der Waals surface area contributed by atoms with Crippen LogP contribution < -0.4 is 10.6 Å². The summed E-state index contributed by atoms with van der Waals surface area (Å²) in [7, 11) is 1.77. The van der Waals surface area contributed by atoms with Crippen LogP contribution in [0.15, 0.2) is 46.9 Å². The highest BCUT2D eigenvalue weighted by Gasteiger charge is 2.14. The number of amides is 1. The van der Waals surface area contributed by atoms with Gasteiger partial charge in [0, 0.05) is 28.5 Å². The molecule has 20 heavy (non-hydrogen) atoms. The second-order valence-corrected chi connectivity index (χ2v) is 5.47. The number of anilines is 2. The number of hydrogen-bond acceptors (Lipinski definition) is 2. The Kier molecular flexibility index (Phi) is 4.45. The van der Waals surface area contributed by atoms with Gasteiger partial charge in [0.2, 0.25) is 0 Å². The maximum atomic E-state index is 12.4. The molecule has 2 aromatic carbocycles. The highest BCUT2D eigenvalue weighted by molar-refractivity contribution is 9.10. The molecule has 1 amide bonds. The highest BCUT2D eigenvalue weighted by Crippen LogP contribution is 2.22. The third-order valence-electron chi connectivity index (χ3n) is 3.28. The third kappa shape index (κ3) is 3.02. The van der Waals surface area contributed by atoms with Gasteiger partial charge in [0.25, 0.3) is 5.91 Å². The molecule has 0 unspecified atom stereocenters. The van der Waals surface area contributed by atoms with E-state index >= 15 is 0 Å². The molecule has 3 nitrogen and oxygen atoms in total. The number of aryl methyl sites for hydroxylation is 1. The van der Waals surface area contributed by atoms with Crippen molar-refractivity contribution in [3.63, 3.8) is 0 Å². The molecule has 104 valence electrons. The summed E-state index contributed by atoms with van der Waals surface area (Å²) in [5.41, 5.74) is 9.08. The Labute approximate surface area is 127 Å². The number of carbonyl (C=O) groups excluding carboxylic acids is 1. The van der Waals surface area contributed by atoms with Crippen LogP contribution in [0.5, 0.6) is 0 Å². The maximum Gasteiger partial charge on any atom is 0.258 e. The molecule has 0 aliphatic carbocycles. The fourth-order valence-electron chi connectivity index (χ4n) is 1.94. The van der Waals surface area contributed by atoms with Crippen molar-refractivity contribution in [2.24, 2.45) is 0 Å². The van der Waals surface area contributed by atoms with Gasteiger partial charge in [-0.3, -0.25) is 4.79 Å². The molecule has 2 N–H and O–H groups in total. The number of halogens is 1. The summed E-state index contributed by atoms with van der Waals surface area (Å²) in [5, 5.41) is 0. The van der Waals surface area contributed by atoms with Crippen molar-refractivity contribution >= 4 is 33.2 Å². The fourth-order valence-corrected chi connectivity index (χ4v) is 2.19. The molecule has 0 aliphatic rings. The molecular formula is C16H17BrN2O. The Morgan fingerprint density at radius 2 is 1.85 bits per heavy atom. The average molecular weight is 333 g/mol. The SMILES string of the molecule is CCc1ccc(N(C)C(=O)c2ccc(Br)c(N)c2)cc1. The topological polar surface area (TPSA) is 46.3 Å². The van der Waals surface area contributed by atoms with E-state index in [1.165, 1.54) is 5.56 Å². The average Bonchev–Trinajstić information content (AvgIpc) is 2.48.